The number of benzene rings is 2. The Morgan fingerprint density at radius 3 is 1.70 bits per heavy atom. The SMILES string of the molecule is CC(C)(C)S(=O)(=O)NCCC(c1ccccc1)c1ccccc1. The second kappa shape index (κ2) is 7.28. The minimum Gasteiger partial charge on any atom is -0.215 e. The molecule has 1 N–H and O–H groups in total. The Bertz CT molecular complexity index is 665. The van der Waals surface area contributed by atoms with Crippen LogP contribution >= 0.6 is 0 Å². The van der Waals surface area contributed by atoms with Crippen molar-refractivity contribution in [1.29, 1.82) is 0 Å². The van der Waals surface area contributed by atoms with Gasteiger partial charge in [-0.25, -0.2) is 13.1 Å². The summed E-state index contributed by atoms with van der Waals surface area (Å²) >= 11 is 0. The topological polar surface area (TPSA) is 46.2 Å². The van der Waals surface area contributed by atoms with Gasteiger partial charge in [0.25, 0.3) is 0 Å². The van der Waals surface area contributed by atoms with Gasteiger partial charge < -0.3 is 0 Å². The quantitative estimate of drug-likeness (QED) is 0.872. The maximum absolute atomic E-state index is 12.2. The molecule has 2 aromatic carbocycles. The first kappa shape index (κ1) is 17.7. The third-order valence-electron chi connectivity index (χ3n) is 3.94. The fourth-order valence-electron chi connectivity index (χ4n) is 2.45. The molecule has 0 aliphatic rings. The number of hydrogen-bond acceptors (Lipinski definition) is 2. The molecule has 4 heteroatoms. The van der Waals surface area contributed by atoms with Gasteiger partial charge >= 0.3 is 0 Å². The van der Waals surface area contributed by atoms with Crippen LogP contribution in [0.1, 0.15) is 44.2 Å². The van der Waals surface area contributed by atoms with Gasteiger partial charge in [-0.3, -0.25) is 0 Å². The lowest BCUT2D eigenvalue weighted by Gasteiger charge is -2.22. The molecule has 23 heavy (non-hydrogen) atoms. The standard InChI is InChI=1S/C19H25NO2S/c1-19(2,3)23(21,22)20-15-14-18(16-10-6-4-7-11-16)17-12-8-5-9-13-17/h4-13,18,20H,14-15H2,1-3H3. The Kier molecular flexibility index (Phi) is 5.60. The van der Waals surface area contributed by atoms with E-state index in [-0.39, 0.29) is 5.92 Å². The van der Waals surface area contributed by atoms with Crippen LogP contribution in [0, 0.1) is 0 Å². The lowest BCUT2D eigenvalue weighted by atomic mass is 9.89. The second-order valence-corrected chi connectivity index (χ2v) is 9.19. The highest BCUT2D eigenvalue weighted by Crippen LogP contribution is 2.27. The van der Waals surface area contributed by atoms with Crippen LogP contribution in [0.5, 0.6) is 0 Å². The Hall–Kier alpha value is -1.65. The van der Waals surface area contributed by atoms with Gasteiger partial charge in [-0.05, 0) is 38.3 Å². The van der Waals surface area contributed by atoms with Crippen molar-refractivity contribution in [1.82, 2.24) is 4.72 Å². The molecule has 0 aliphatic heterocycles. The van der Waals surface area contributed by atoms with Gasteiger partial charge in [0, 0.05) is 12.5 Å². The summed E-state index contributed by atoms with van der Waals surface area (Å²) in [5.74, 6) is 0.181. The van der Waals surface area contributed by atoms with Crippen molar-refractivity contribution >= 4 is 10.0 Å². The lowest BCUT2D eigenvalue weighted by Crippen LogP contribution is -2.40. The van der Waals surface area contributed by atoms with E-state index in [0.29, 0.717) is 6.54 Å². The van der Waals surface area contributed by atoms with Crippen LogP contribution < -0.4 is 4.72 Å². The highest BCUT2D eigenvalue weighted by atomic mass is 32.2. The summed E-state index contributed by atoms with van der Waals surface area (Å²) in [7, 11) is -3.31. The summed E-state index contributed by atoms with van der Waals surface area (Å²) in [6.45, 7) is 5.55. The molecule has 0 fully saturated rings. The minimum atomic E-state index is -3.31. The lowest BCUT2D eigenvalue weighted by molar-refractivity contribution is 0.540. The van der Waals surface area contributed by atoms with Gasteiger partial charge in [0.05, 0.1) is 4.75 Å². The highest BCUT2D eigenvalue weighted by Gasteiger charge is 2.28. The second-order valence-electron chi connectivity index (χ2n) is 6.67. The monoisotopic (exact) mass is 331 g/mol. The number of rotatable bonds is 6. The average molecular weight is 331 g/mol. The summed E-state index contributed by atoms with van der Waals surface area (Å²) in [5.41, 5.74) is 2.40. The summed E-state index contributed by atoms with van der Waals surface area (Å²) in [4.78, 5) is 0. The van der Waals surface area contributed by atoms with E-state index in [1.165, 1.54) is 11.1 Å². The summed E-state index contributed by atoms with van der Waals surface area (Å²) in [6.07, 6.45) is 0.726. The van der Waals surface area contributed by atoms with Crippen LogP contribution in [-0.2, 0) is 10.0 Å². The first-order valence-corrected chi connectivity index (χ1v) is 9.39. The van der Waals surface area contributed by atoms with Crippen LogP contribution in [-0.4, -0.2) is 19.7 Å². The molecular weight excluding hydrogens is 306 g/mol. The maximum Gasteiger partial charge on any atom is 0.216 e. The molecule has 0 atom stereocenters. The molecule has 3 nitrogen and oxygen atoms in total. The summed E-state index contributed by atoms with van der Waals surface area (Å²) < 4.78 is 26.3. The summed E-state index contributed by atoms with van der Waals surface area (Å²) in [6, 6.07) is 20.4. The largest absolute Gasteiger partial charge is 0.216 e. The Balaban J connectivity index is 2.14. The van der Waals surface area contributed by atoms with Crippen molar-refractivity contribution in [2.24, 2.45) is 0 Å². The van der Waals surface area contributed by atoms with Crippen molar-refractivity contribution in [3.63, 3.8) is 0 Å². The molecule has 2 aromatic rings. The van der Waals surface area contributed by atoms with Crippen molar-refractivity contribution < 1.29 is 8.42 Å². The van der Waals surface area contributed by atoms with E-state index in [9.17, 15) is 8.42 Å². The zero-order valence-corrected chi connectivity index (χ0v) is 14.8. The van der Waals surface area contributed by atoms with Crippen LogP contribution in [0.3, 0.4) is 0 Å². The predicted octanol–water partition coefficient (Wildman–Crippen LogP) is 3.93. The molecule has 0 aromatic heterocycles. The first-order valence-electron chi connectivity index (χ1n) is 7.90. The fraction of sp³-hybridized carbons (Fsp3) is 0.368. The third-order valence-corrected chi connectivity index (χ3v) is 6.13. The van der Waals surface area contributed by atoms with E-state index in [1.807, 2.05) is 36.4 Å². The molecular formula is C19H25NO2S. The zero-order chi connectivity index (χ0) is 16.9. The molecule has 0 amide bonds. The molecule has 0 unspecified atom stereocenters. The number of sulfonamides is 1. The third kappa shape index (κ3) is 4.66. The Labute approximate surface area is 139 Å². The van der Waals surface area contributed by atoms with Gasteiger partial charge in [0.1, 0.15) is 0 Å². The average Bonchev–Trinajstić information content (AvgIpc) is 2.52. The molecule has 0 radical (unpaired) electrons. The zero-order valence-electron chi connectivity index (χ0n) is 14.0. The van der Waals surface area contributed by atoms with Crippen molar-refractivity contribution in [3.05, 3.63) is 71.8 Å². The molecule has 0 bridgehead atoms. The molecule has 0 aliphatic carbocycles. The number of hydrogen-bond donors (Lipinski definition) is 1. The fourth-order valence-corrected chi connectivity index (χ4v) is 3.27. The maximum atomic E-state index is 12.2. The van der Waals surface area contributed by atoms with Crippen molar-refractivity contribution in [3.8, 4) is 0 Å². The first-order chi connectivity index (χ1) is 10.8. The predicted molar refractivity (Wildman–Crippen MR) is 96.0 cm³/mol. The van der Waals surface area contributed by atoms with Gasteiger partial charge in [-0.15, -0.1) is 0 Å². The van der Waals surface area contributed by atoms with E-state index in [2.05, 4.69) is 29.0 Å². The number of nitrogens with one attached hydrogen (secondary N) is 1. The smallest absolute Gasteiger partial charge is 0.215 e. The van der Waals surface area contributed by atoms with E-state index < -0.39 is 14.8 Å². The van der Waals surface area contributed by atoms with Crippen LogP contribution in [0.25, 0.3) is 0 Å². The van der Waals surface area contributed by atoms with Gasteiger partial charge in [-0.1, -0.05) is 60.7 Å². The molecule has 0 saturated carbocycles. The van der Waals surface area contributed by atoms with Crippen molar-refractivity contribution in [2.45, 2.75) is 37.9 Å². The summed E-state index contributed by atoms with van der Waals surface area (Å²) in [5, 5.41) is 0. The molecule has 124 valence electrons. The van der Waals surface area contributed by atoms with Crippen LogP contribution in [0.15, 0.2) is 60.7 Å². The van der Waals surface area contributed by atoms with Gasteiger partial charge in [0.15, 0.2) is 0 Å². The van der Waals surface area contributed by atoms with E-state index in [1.54, 1.807) is 20.8 Å². The highest BCUT2D eigenvalue weighted by molar-refractivity contribution is 7.90. The molecule has 0 heterocycles. The molecule has 0 spiro atoms. The van der Waals surface area contributed by atoms with E-state index >= 15 is 0 Å². The molecule has 2 rings (SSSR count). The van der Waals surface area contributed by atoms with Gasteiger partial charge in [0.2, 0.25) is 10.0 Å². The Morgan fingerprint density at radius 2 is 1.30 bits per heavy atom. The Morgan fingerprint density at radius 1 is 0.870 bits per heavy atom. The van der Waals surface area contributed by atoms with Crippen LogP contribution in [0.4, 0.5) is 0 Å². The minimum absolute atomic E-state index is 0.181. The molecule has 0 saturated heterocycles. The van der Waals surface area contributed by atoms with Gasteiger partial charge in [-0.2, -0.15) is 0 Å². The van der Waals surface area contributed by atoms with Crippen LogP contribution in [0.2, 0.25) is 0 Å². The normalized spacial score (nSPS) is 12.5. The van der Waals surface area contributed by atoms with E-state index in [4.69, 9.17) is 0 Å². The van der Waals surface area contributed by atoms with Crippen molar-refractivity contribution in [2.75, 3.05) is 6.54 Å². The van der Waals surface area contributed by atoms with E-state index in [0.717, 1.165) is 6.42 Å².